The third kappa shape index (κ3) is 3.44. The zero-order chi connectivity index (χ0) is 15.2. The SMILES string of the molecule is COc1ccc(C#CCO)cc1NC(=O)c1cccn1C. The Morgan fingerprint density at radius 3 is 2.86 bits per heavy atom. The minimum Gasteiger partial charge on any atom is -0.495 e. The highest BCUT2D eigenvalue weighted by Gasteiger charge is 2.12. The number of aliphatic hydroxyl groups is 1. The van der Waals surface area contributed by atoms with E-state index in [0.717, 1.165) is 0 Å². The number of aliphatic hydroxyl groups excluding tert-OH is 1. The van der Waals surface area contributed by atoms with Crippen molar-refractivity contribution in [1.82, 2.24) is 4.57 Å². The number of nitrogens with zero attached hydrogens (tertiary/aromatic N) is 1. The molecule has 0 aliphatic heterocycles. The molecule has 21 heavy (non-hydrogen) atoms. The molecular formula is C16H16N2O3. The van der Waals surface area contributed by atoms with Crippen LogP contribution in [0.5, 0.6) is 5.75 Å². The third-order valence-electron chi connectivity index (χ3n) is 2.94. The van der Waals surface area contributed by atoms with Gasteiger partial charge in [0.1, 0.15) is 18.1 Å². The Labute approximate surface area is 123 Å². The summed E-state index contributed by atoms with van der Waals surface area (Å²) in [5.74, 6) is 5.68. The van der Waals surface area contributed by atoms with E-state index in [1.807, 2.05) is 0 Å². The number of anilines is 1. The fraction of sp³-hybridized carbons (Fsp3) is 0.188. The minimum atomic E-state index is -0.229. The topological polar surface area (TPSA) is 63.5 Å². The van der Waals surface area contributed by atoms with Crippen LogP contribution in [0.4, 0.5) is 5.69 Å². The van der Waals surface area contributed by atoms with Crippen LogP contribution in [0.3, 0.4) is 0 Å². The van der Waals surface area contributed by atoms with Crippen molar-refractivity contribution in [3.05, 3.63) is 47.8 Å². The Morgan fingerprint density at radius 1 is 1.43 bits per heavy atom. The summed E-state index contributed by atoms with van der Waals surface area (Å²) >= 11 is 0. The van der Waals surface area contributed by atoms with E-state index in [-0.39, 0.29) is 12.5 Å². The summed E-state index contributed by atoms with van der Waals surface area (Å²) in [7, 11) is 3.34. The number of aryl methyl sites for hydroxylation is 1. The summed E-state index contributed by atoms with van der Waals surface area (Å²) in [6.45, 7) is -0.211. The average molecular weight is 284 g/mol. The zero-order valence-electron chi connectivity index (χ0n) is 11.9. The van der Waals surface area contributed by atoms with E-state index in [9.17, 15) is 4.79 Å². The number of hydrogen-bond donors (Lipinski definition) is 2. The van der Waals surface area contributed by atoms with Gasteiger partial charge in [-0.1, -0.05) is 11.8 Å². The summed E-state index contributed by atoms with van der Waals surface area (Å²) in [5, 5.41) is 11.5. The summed E-state index contributed by atoms with van der Waals surface area (Å²) in [4.78, 5) is 12.2. The first kappa shape index (κ1) is 14.7. The van der Waals surface area contributed by atoms with Gasteiger partial charge in [-0.25, -0.2) is 0 Å². The van der Waals surface area contributed by atoms with Crippen LogP contribution in [0, 0.1) is 11.8 Å². The predicted molar refractivity (Wildman–Crippen MR) is 80.3 cm³/mol. The number of amides is 1. The van der Waals surface area contributed by atoms with Gasteiger partial charge in [0.25, 0.3) is 5.91 Å². The van der Waals surface area contributed by atoms with Gasteiger partial charge in [0, 0.05) is 18.8 Å². The number of benzene rings is 1. The number of aromatic nitrogens is 1. The third-order valence-corrected chi connectivity index (χ3v) is 2.94. The van der Waals surface area contributed by atoms with Crippen molar-refractivity contribution in [2.24, 2.45) is 7.05 Å². The van der Waals surface area contributed by atoms with Gasteiger partial charge in [0.05, 0.1) is 12.8 Å². The number of rotatable bonds is 3. The second-order valence-corrected chi connectivity index (χ2v) is 4.33. The quantitative estimate of drug-likeness (QED) is 0.842. The van der Waals surface area contributed by atoms with Crippen molar-refractivity contribution in [1.29, 1.82) is 0 Å². The number of ether oxygens (including phenoxy) is 1. The standard InChI is InChI=1S/C16H16N2O3/c1-18-9-3-6-14(18)16(20)17-13-11-12(5-4-10-19)7-8-15(13)21-2/h3,6-9,11,19H,10H2,1-2H3,(H,17,20). The van der Waals surface area contributed by atoms with E-state index in [1.54, 1.807) is 48.1 Å². The summed E-state index contributed by atoms with van der Waals surface area (Å²) in [6.07, 6.45) is 1.80. The Hall–Kier alpha value is -2.71. The number of hydrogen-bond acceptors (Lipinski definition) is 3. The number of carbonyl (C=O) groups excluding carboxylic acids is 1. The fourth-order valence-corrected chi connectivity index (χ4v) is 1.91. The summed E-state index contributed by atoms with van der Waals surface area (Å²) < 4.78 is 6.97. The monoisotopic (exact) mass is 284 g/mol. The van der Waals surface area contributed by atoms with Crippen LogP contribution in [0.1, 0.15) is 16.1 Å². The highest BCUT2D eigenvalue weighted by molar-refractivity contribution is 6.04. The van der Waals surface area contributed by atoms with E-state index in [4.69, 9.17) is 9.84 Å². The highest BCUT2D eigenvalue weighted by Crippen LogP contribution is 2.25. The van der Waals surface area contributed by atoms with Gasteiger partial charge < -0.3 is 19.7 Å². The summed E-state index contributed by atoms with van der Waals surface area (Å²) in [5.41, 5.74) is 1.77. The molecule has 0 aliphatic rings. The molecule has 2 N–H and O–H groups in total. The van der Waals surface area contributed by atoms with Crippen LogP contribution in [0.15, 0.2) is 36.5 Å². The van der Waals surface area contributed by atoms with Crippen LogP contribution in [-0.2, 0) is 7.05 Å². The molecule has 1 aromatic heterocycles. The number of nitrogens with one attached hydrogen (secondary N) is 1. The van der Waals surface area contributed by atoms with E-state index >= 15 is 0 Å². The van der Waals surface area contributed by atoms with Crippen molar-refractivity contribution in [3.8, 4) is 17.6 Å². The van der Waals surface area contributed by atoms with Crippen molar-refractivity contribution in [2.75, 3.05) is 19.0 Å². The normalized spacial score (nSPS) is 9.67. The van der Waals surface area contributed by atoms with Gasteiger partial charge in [-0.2, -0.15) is 0 Å². The Balaban J connectivity index is 2.29. The lowest BCUT2D eigenvalue weighted by molar-refractivity contribution is 0.101. The lowest BCUT2D eigenvalue weighted by Crippen LogP contribution is -2.16. The van der Waals surface area contributed by atoms with Gasteiger partial charge in [0.15, 0.2) is 0 Å². The van der Waals surface area contributed by atoms with Crippen LogP contribution in [0.25, 0.3) is 0 Å². The average Bonchev–Trinajstić information content (AvgIpc) is 2.91. The molecular weight excluding hydrogens is 268 g/mol. The van der Waals surface area contributed by atoms with Crippen molar-refractivity contribution in [3.63, 3.8) is 0 Å². The molecule has 5 heteroatoms. The zero-order valence-corrected chi connectivity index (χ0v) is 11.9. The molecule has 0 radical (unpaired) electrons. The first-order valence-corrected chi connectivity index (χ1v) is 6.36. The van der Waals surface area contributed by atoms with E-state index < -0.39 is 0 Å². The van der Waals surface area contributed by atoms with E-state index in [0.29, 0.717) is 22.7 Å². The van der Waals surface area contributed by atoms with Gasteiger partial charge in [-0.3, -0.25) is 4.79 Å². The Kier molecular flexibility index (Phi) is 4.64. The van der Waals surface area contributed by atoms with Gasteiger partial charge in [-0.15, -0.1) is 0 Å². The molecule has 2 aromatic rings. The fourth-order valence-electron chi connectivity index (χ4n) is 1.91. The lowest BCUT2D eigenvalue weighted by Gasteiger charge is -2.11. The maximum absolute atomic E-state index is 12.2. The Morgan fingerprint density at radius 2 is 2.24 bits per heavy atom. The molecule has 0 fully saturated rings. The maximum atomic E-state index is 12.2. The molecule has 1 heterocycles. The smallest absolute Gasteiger partial charge is 0.272 e. The van der Waals surface area contributed by atoms with Crippen LogP contribution in [0.2, 0.25) is 0 Å². The highest BCUT2D eigenvalue weighted by atomic mass is 16.5. The molecule has 0 atom stereocenters. The molecule has 108 valence electrons. The molecule has 1 aromatic carbocycles. The molecule has 0 bridgehead atoms. The van der Waals surface area contributed by atoms with Crippen LogP contribution < -0.4 is 10.1 Å². The predicted octanol–water partition coefficient (Wildman–Crippen LogP) is 1.63. The molecule has 2 rings (SSSR count). The van der Waals surface area contributed by atoms with Crippen molar-refractivity contribution in [2.45, 2.75) is 0 Å². The minimum absolute atomic E-state index is 0.211. The largest absolute Gasteiger partial charge is 0.495 e. The molecule has 0 saturated heterocycles. The summed E-state index contributed by atoms with van der Waals surface area (Å²) in [6, 6.07) is 8.73. The molecule has 5 nitrogen and oxygen atoms in total. The van der Waals surface area contributed by atoms with Crippen molar-refractivity contribution >= 4 is 11.6 Å². The first-order chi connectivity index (χ1) is 10.2. The maximum Gasteiger partial charge on any atom is 0.272 e. The van der Waals surface area contributed by atoms with Gasteiger partial charge in [0.2, 0.25) is 0 Å². The van der Waals surface area contributed by atoms with Crippen molar-refractivity contribution < 1.29 is 14.6 Å². The number of methoxy groups -OCH3 is 1. The molecule has 1 amide bonds. The molecule has 0 spiro atoms. The molecule has 0 saturated carbocycles. The van der Waals surface area contributed by atoms with Crippen LogP contribution >= 0.6 is 0 Å². The van der Waals surface area contributed by atoms with E-state index in [1.165, 1.54) is 7.11 Å². The molecule has 0 unspecified atom stereocenters. The van der Waals surface area contributed by atoms with Gasteiger partial charge >= 0.3 is 0 Å². The first-order valence-electron chi connectivity index (χ1n) is 6.36. The Bertz CT molecular complexity index is 708. The van der Waals surface area contributed by atoms with Crippen LogP contribution in [-0.4, -0.2) is 29.3 Å². The lowest BCUT2D eigenvalue weighted by atomic mass is 10.2. The van der Waals surface area contributed by atoms with Gasteiger partial charge in [-0.05, 0) is 30.3 Å². The number of carbonyl (C=O) groups is 1. The second-order valence-electron chi connectivity index (χ2n) is 4.33. The van der Waals surface area contributed by atoms with E-state index in [2.05, 4.69) is 17.2 Å². The second kappa shape index (κ2) is 6.64. The molecule has 0 aliphatic carbocycles.